The van der Waals surface area contributed by atoms with Gasteiger partial charge in [-0.2, -0.15) is 0 Å². The minimum Gasteiger partial charge on any atom is -0.493 e. The van der Waals surface area contributed by atoms with Gasteiger partial charge in [0, 0.05) is 6.26 Å². The van der Waals surface area contributed by atoms with Gasteiger partial charge in [-0.25, -0.2) is 4.79 Å². The molecule has 134 valence electrons. The van der Waals surface area contributed by atoms with Gasteiger partial charge >= 0.3 is 6.09 Å². The highest BCUT2D eigenvalue weighted by atomic mass is 32.2. The highest BCUT2D eigenvalue weighted by Crippen LogP contribution is 2.37. The van der Waals surface area contributed by atoms with Crippen molar-refractivity contribution in [3.63, 3.8) is 0 Å². The number of hydrogen-bond acceptors (Lipinski definition) is 4. The molecule has 0 aliphatic heterocycles. The lowest BCUT2D eigenvalue weighted by Gasteiger charge is -2.23. The van der Waals surface area contributed by atoms with Crippen LogP contribution in [0, 0.1) is 0 Å². The van der Waals surface area contributed by atoms with E-state index in [9.17, 15) is 9.00 Å². The lowest BCUT2D eigenvalue weighted by atomic mass is 9.86. The number of benzene rings is 2. The molecule has 0 radical (unpaired) electrons. The zero-order chi connectivity index (χ0) is 18.6. The third kappa shape index (κ3) is 4.82. The summed E-state index contributed by atoms with van der Waals surface area (Å²) in [6, 6.07) is 12.4. The van der Waals surface area contributed by atoms with E-state index in [1.165, 1.54) is 7.11 Å². The monoisotopic (exact) mass is 361 g/mol. The van der Waals surface area contributed by atoms with E-state index in [4.69, 9.17) is 9.47 Å². The number of anilines is 1. The molecular weight excluding hydrogens is 338 g/mol. The molecule has 0 fully saturated rings. The first kappa shape index (κ1) is 19.0. The third-order valence-electron chi connectivity index (χ3n) is 3.63. The normalized spacial score (nSPS) is 12.4. The Morgan fingerprint density at radius 1 is 1.12 bits per heavy atom. The SMILES string of the molecule is COc1c(NC(=O)Oc2ccccc2)cc(C(C)(C)C)cc1S(C)=O. The summed E-state index contributed by atoms with van der Waals surface area (Å²) in [7, 11) is 0.217. The molecule has 0 aromatic heterocycles. The van der Waals surface area contributed by atoms with Crippen LogP contribution in [0.25, 0.3) is 0 Å². The molecular formula is C19H23NO4S. The van der Waals surface area contributed by atoms with Gasteiger partial charge in [-0.05, 0) is 35.2 Å². The number of para-hydroxylation sites is 1. The van der Waals surface area contributed by atoms with Crippen LogP contribution in [0.3, 0.4) is 0 Å². The molecule has 2 aromatic rings. The van der Waals surface area contributed by atoms with Gasteiger partial charge in [0.15, 0.2) is 5.75 Å². The number of amides is 1. The van der Waals surface area contributed by atoms with Gasteiger partial charge in [-0.3, -0.25) is 9.53 Å². The second kappa shape index (κ2) is 7.70. The van der Waals surface area contributed by atoms with Crippen LogP contribution in [0.1, 0.15) is 26.3 Å². The first-order chi connectivity index (χ1) is 11.7. The summed E-state index contributed by atoms with van der Waals surface area (Å²) < 4.78 is 22.8. The number of hydrogen-bond donors (Lipinski definition) is 1. The largest absolute Gasteiger partial charge is 0.493 e. The fourth-order valence-electron chi connectivity index (χ4n) is 2.28. The number of ether oxygens (including phenoxy) is 2. The van der Waals surface area contributed by atoms with Crippen molar-refractivity contribution >= 4 is 22.6 Å². The van der Waals surface area contributed by atoms with Crippen LogP contribution in [0.2, 0.25) is 0 Å². The molecule has 2 aromatic carbocycles. The Labute approximate surface area is 150 Å². The molecule has 2 rings (SSSR count). The van der Waals surface area contributed by atoms with Crippen molar-refractivity contribution < 1.29 is 18.5 Å². The van der Waals surface area contributed by atoms with Gasteiger partial charge in [0.2, 0.25) is 0 Å². The number of nitrogens with one attached hydrogen (secondary N) is 1. The second-order valence-corrected chi connectivity index (χ2v) is 7.93. The molecule has 0 aliphatic carbocycles. The van der Waals surface area contributed by atoms with E-state index in [1.54, 1.807) is 30.5 Å². The van der Waals surface area contributed by atoms with Crippen LogP contribution < -0.4 is 14.8 Å². The van der Waals surface area contributed by atoms with Gasteiger partial charge in [-0.1, -0.05) is 39.0 Å². The molecule has 6 heteroatoms. The second-order valence-electron chi connectivity index (χ2n) is 6.59. The van der Waals surface area contributed by atoms with Gasteiger partial charge in [0.1, 0.15) is 5.75 Å². The van der Waals surface area contributed by atoms with Gasteiger partial charge in [-0.15, -0.1) is 0 Å². The summed E-state index contributed by atoms with van der Waals surface area (Å²) >= 11 is 0. The Kier molecular flexibility index (Phi) is 5.85. The zero-order valence-corrected chi connectivity index (χ0v) is 15.9. The van der Waals surface area contributed by atoms with Crippen LogP contribution >= 0.6 is 0 Å². The Morgan fingerprint density at radius 2 is 1.76 bits per heavy atom. The van der Waals surface area contributed by atoms with Crippen LogP contribution in [-0.2, 0) is 16.2 Å². The number of carbonyl (C=O) groups excluding carboxylic acids is 1. The third-order valence-corrected chi connectivity index (χ3v) is 4.55. The standard InChI is InChI=1S/C19H23NO4S/c1-19(2,3)13-11-15(17(23-4)16(12-13)25(5)22)20-18(21)24-14-9-7-6-8-10-14/h6-12H,1-5H3,(H,20,21). The molecule has 0 spiro atoms. The number of rotatable bonds is 4. The Hall–Kier alpha value is -2.34. The zero-order valence-electron chi connectivity index (χ0n) is 15.1. The first-order valence-corrected chi connectivity index (χ1v) is 9.38. The molecule has 1 N–H and O–H groups in total. The fraction of sp³-hybridized carbons (Fsp3) is 0.316. The lowest BCUT2D eigenvalue weighted by Crippen LogP contribution is -2.19. The summed E-state index contributed by atoms with van der Waals surface area (Å²) in [5.41, 5.74) is 1.19. The fourth-order valence-corrected chi connectivity index (χ4v) is 3.03. The smallest absolute Gasteiger partial charge is 0.417 e. The highest BCUT2D eigenvalue weighted by molar-refractivity contribution is 7.84. The van der Waals surface area contributed by atoms with Crippen molar-refractivity contribution in [1.29, 1.82) is 0 Å². The van der Waals surface area contributed by atoms with E-state index >= 15 is 0 Å². The molecule has 0 saturated carbocycles. The topological polar surface area (TPSA) is 64.6 Å². The summed E-state index contributed by atoms with van der Waals surface area (Å²) in [5.74, 6) is 0.809. The maximum Gasteiger partial charge on any atom is 0.417 e. The summed E-state index contributed by atoms with van der Waals surface area (Å²) in [6.07, 6.45) is 0.944. The number of carbonyl (C=O) groups is 1. The van der Waals surface area contributed by atoms with Crippen molar-refractivity contribution in [2.75, 3.05) is 18.7 Å². The van der Waals surface area contributed by atoms with Crippen molar-refractivity contribution in [3.05, 3.63) is 48.0 Å². The quantitative estimate of drug-likeness (QED) is 0.880. The van der Waals surface area contributed by atoms with Crippen molar-refractivity contribution in [2.45, 2.75) is 31.1 Å². The Bertz CT molecular complexity index is 782. The minimum atomic E-state index is -1.27. The average Bonchev–Trinajstić information content (AvgIpc) is 2.53. The minimum absolute atomic E-state index is 0.180. The van der Waals surface area contributed by atoms with E-state index in [-0.39, 0.29) is 5.41 Å². The maximum atomic E-state index is 12.2. The number of methoxy groups -OCH3 is 1. The predicted octanol–water partition coefficient (Wildman–Crippen LogP) is 4.34. The molecule has 25 heavy (non-hydrogen) atoms. The molecule has 1 amide bonds. The Balaban J connectivity index is 2.39. The molecule has 1 atom stereocenters. The molecule has 0 aliphatic rings. The van der Waals surface area contributed by atoms with Crippen LogP contribution in [0.4, 0.5) is 10.5 Å². The van der Waals surface area contributed by atoms with Crippen molar-refractivity contribution in [2.24, 2.45) is 0 Å². The van der Waals surface area contributed by atoms with Crippen molar-refractivity contribution in [3.8, 4) is 11.5 Å². The van der Waals surface area contributed by atoms with E-state index in [1.807, 2.05) is 39.0 Å². The average molecular weight is 361 g/mol. The molecule has 1 unspecified atom stereocenters. The summed E-state index contributed by atoms with van der Waals surface area (Å²) in [6.45, 7) is 6.13. The van der Waals surface area contributed by atoms with Crippen LogP contribution in [-0.4, -0.2) is 23.7 Å². The van der Waals surface area contributed by atoms with E-state index in [0.717, 1.165) is 5.56 Å². The van der Waals surface area contributed by atoms with Gasteiger partial charge in [0.25, 0.3) is 0 Å². The molecule has 0 heterocycles. The van der Waals surface area contributed by atoms with Gasteiger partial charge in [0.05, 0.1) is 28.5 Å². The van der Waals surface area contributed by atoms with E-state index in [0.29, 0.717) is 22.1 Å². The van der Waals surface area contributed by atoms with E-state index < -0.39 is 16.9 Å². The summed E-state index contributed by atoms with van der Waals surface area (Å²) in [5, 5.41) is 2.70. The molecule has 0 saturated heterocycles. The first-order valence-electron chi connectivity index (χ1n) is 7.82. The molecule has 0 bridgehead atoms. The van der Waals surface area contributed by atoms with E-state index in [2.05, 4.69) is 5.32 Å². The van der Waals surface area contributed by atoms with Crippen molar-refractivity contribution in [1.82, 2.24) is 0 Å². The van der Waals surface area contributed by atoms with Crippen LogP contribution in [0.5, 0.6) is 11.5 Å². The molecule has 5 nitrogen and oxygen atoms in total. The Morgan fingerprint density at radius 3 is 2.28 bits per heavy atom. The lowest BCUT2D eigenvalue weighted by molar-refractivity contribution is 0.215. The summed E-state index contributed by atoms with van der Waals surface area (Å²) in [4.78, 5) is 12.8. The predicted molar refractivity (Wildman–Crippen MR) is 100 cm³/mol. The van der Waals surface area contributed by atoms with Gasteiger partial charge < -0.3 is 9.47 Å². The highest BCUT2D eigenvalue weighted by Gasteiger charge is 2.22. The van der Waals surface area contributed by atoms with Crippen LogP contribution in [0.15, 0.2) is 47.4 Å². The maximum absolute atomic E-state index is 12.2.